The molecule has 1 aromatic carbocycles. The Kier molecular flexibility index (Phi) is 4.93. The molecule has 0 bridgehead atoms. The topological polar surface area (TPSA) is 57.6 Å². The van der Waals surface area contributed by atoms with Gasteiger partial charge in [-0.05, 0) is 31.4 Å². The molecule has 0 saturated carbocycles. The maximum Gasteiger partial charge on any atom is 0.308 e. The van der Waals surface area contributed by atoms with Crippen LogP contribution < -0.4 is 0 Å². The monoisotopic (exact) mass is 307 g/mol. The zero-order valence-corrected chi connectivity index (χ0v) is 13.4. The predicted octanol–water partition coefficient (Wildman–Crippen LogP) is 2.57. The van der Waals surface area contributed by atoms with Gasteiger partial charge in [0, 0.05) is 18.0 Å². The number of hydrogen-bond donors (Lipinski definition) is 1. The second-order valence-corrected chi connectivity index (χ2v) is 6.80. The third kappa shape index (κ3) is 3.79. The van der Waals surface area contributed by atoms with Gasteiger partial charge in [-0.25, -0.2) is 0 Å². The maximum absolute atomic E-state index is 12.2. The van der Waals surface area contributed by atoms with E-state index in [1.165, 1.54) is 22.9 Å². The van der Waals surface area contributed by atoms with E-state index in [1.807, 2.05) is 32.9 Å². The van der Waals surface area contributed by atoms with Crippen molar-refractivity contribution in [2.45, 2.75) is 25.7 Å². The molecule has 0 aliphatic carbocycles. The largest absolute Gasteiger partial charge is 0.481 e. The van der Waals surface area contributed by atoms with Crippen molar-refractivity contribution in [3.63, 3.8) is 0 Å². The van der Waals surface area contributed by atoms with Crippen LogP contribution in [0.2, 0.25) is 0 Å². The zero-order valence-electron chi connectivity index (χ0n) is 12.6. The average Bonchev–Trinajstić information content (AvgIpc) is 2.80. The van der Waals surface area contributed by atoms with Crippen molar-refractivity contribution in [3.05, 3.63) is 29.3 Å². The number of nitrogens with zero attached hydrogens (tertiary/aromatic N) is 1. The van der Waals surface area contributed by atoms with Crippen LogP contribution in [0.5, 0.6) is 0 Å². The van der Waals surface area contributed by atoms with E-state index >= 15 is 0 Å². The SMILES string of the molecule is Cc1ccc(SCC(=O)N2C[C@@H](C)[C@H](C(=O)O)C2)c(C)c1. The Bertz CT molecular complexity index is 558. The van der Waals surface area contributed by atoms with Crippen molar-refractivity contribution < 1.29 is 14.7 Å². The number of carboxylic acid groups (broad SMARTS) is 1. The normalized spacial score (nSPS) is 21.6. The number of carbonyl (C=O) groups excluding carboxylic acids is 1. The van der Waals surface area contributed by atoms with E-state index in [2.05, 4.69) is 6.07 Å². The van der Waals surface area contributed by atoms with Gasteiger partial charge in [0.25, 0.3) is 0 Å². The minimum atomic E-state index is -0.806. The van der Waals surface area contributed by atoms with Gasteiger partial charge in [0.15, 0.2) is 0 Å². The summed E-state index contributed by atoms with van der Waals surface area (Å²) in [6, 6.07) is 6.18. The van der Waals surface area contributed by atoms with Gasteiger partial charge in [0.05, 0.1) is 11.7 Å². The van der Waals surface area contributed by atoms with Gasteiger partial charge in [-0.2, -0.15) is 0 Å². The quantitative estimate of drug-likeness (QED) is 0.869. The smallest absolute Gasteiger partial charge is 0.308 e. The lowest BCUT2D eigenvalue weighted by Crippen LogP contribution is -2.31. The van der Waals surface area contributed by atoms with Crippen LogP contribution >= 0.6 is 11.8 Å². The summed E-state index contributed by atoms with van der Waals surface area (Å²) in [5.74, 6) is -0.823. The molecule has 1 N–H and O–H groups in total. The molecule has 0 aromatic heterocycles. The van der Waals surface area contributed by atoms with E-state index in [1.54, 1.807) is 4.90 Å². The van der Waals surface area contributed by atoms with E-state index in [9.17, 15) is 9.59 Å². The molecule has 5 heteroatoms. The summed E-state index contributed by atoms with van der Waals surface area (Å²) in [7, 11) is 0. The van der Waals surface area contributed by atoms with Crippen molar-refractivity contribution in [2.24, 2.45) is 11.8 Å². The van der Waals surface area contributed by atoms with Gasteiger partial charge in [0.2, 0.25) is 5.91 Å². The third-order valence-electron chi connectivity index (χ3n) is 3.96. The molecule has 1 amide bonds. The third-order valence-corrected chi connectivity index (χ3v) is 5.12. The molecule has 2 rings (SSSR count). The highest BCUT2D eigenvalue weighted by Crippen LogP contribution is 2.27. The van der Waals surface area contributed by atoms with Crippen molar-refractivity contribution in [1.29, 1.82) is 0 Å². The van der Waals surface area contributed by atoms with Crippen LogP contribution in [0.4, 0.5) is 0 Å². The minimum absolute atomic E-state index is 0.0237. The van der Waals surface area contributed by atoms with Crippen LogP contribution in [0.15, 0.2) is 23.1 Å². The number of thioether (sulfide) groups is 1. The Hall–Kier alpha value is -1.49. The van der Waals surface area contributed by atoms with Crippen molar-refractivity contribution in [3.8, 4) is 0 Å². The molecule has 1 aromatic rings. The van der Waals surface area contributed by atoms with Gasteiger partial charge < -0.3 is 10.0 Å². The van der Waals surface area contributed by atoms with Crippen LogP contribution in [-0.4, -0.2) is 40.7 Å². The van der Waals surface area contributed by atoms with E-state index in [4.69, 9.17) is 5.11 Å². The van der Waals surface area contributed by atoms with E-state index in [-0.39, 0.29) is 11.8 Å². The number of amides is 1. The number of aliphatic carboxylic acids is 1. The molecule has 21 heavy (non-hydrogen) atoms. The lowest BCUT2D eigenvalue weighted by molar-refractivity contribution is -0.142. The molecule has 0 spiro atoms. The summed E-state index contributed by atoms with van der Waals surface area (Å²) in [4.78, 5) is 26.1. The van der Waals surface area contributed by atoms with Crippen LogP contribution in [0.25, 0.3) is 0 Å². The number of hydrogen-bond acceptors (Lipinski definition) is 3. The number of carboxylic acids is 1. The molecular weight excluding hydrogens is 286 g/mol. The van der Waals surface area contributed by atoms with Crippen molar-refractivity contribution >= 4 is 23.6 Å². The summed E-state index contributed by atoms with van der Waals surface area (Å²) >= 11 is 1.52. The first-order valence-corrected chi connectivity index (χ1v) is 8.07. The van der Waals surface area contributed by atoms with Gasteiger partial charge in [-0.15, -0.1) is 11.8 Å². The van der Waals surface area contributed by atoms with Crippen LogP contribution in [0, 0.1) is 25.7 Å². The van der Waals surface area contributed by atoms with Gasteiger partial charge in [-0.3, -0.25) is 9.59 Å². The number of benzene rings is 1. The summed E-state index contributed by atoms with van der Waals surface area (Å²) in [6.45, 7) is 6.86. The molecule has 1 heterocycles. The molecule has 1 fully saturated rings. The van der Waals surface area contributed by atoms with Gasteiger partial charge >= 0.3 is 5.97 Å². The number of likely N-dealkylation sites (tertiary alicyclic amines) is 1. The molecule has 2 atom stereocenters. The zero-order chi connectivity index (χ0) is 15.6. The number of carbonyl (C=O) groups is 2. The Morgan fingerprint density at radius 3 is 2.62 bits per heavy atom. The van der Waals surface area contributed by atoms with Crippen LogP contribution in [0.1, 0.15) is 18.1 Å². The second kappa shape index (κ2) is 6.52. The molecular formula is C16H21NO3S. The molecule has 4 nitrogen and oxygen atoms in total. The number of aryl methyl sites for hydroxylation is 2. The van der Waals surface area contributed by atoms with Gasteiger partial charge in [0.1, 0.15) is 0 Å². The highest BCUT2D eigenvalue weighted by molar-refractivity contribution is 8.00. The molecule has 1 saturated heterocycles. The standard InChI is InChI=1S/C16H21NO3S/c1-10-4-5-14(11(2)6-10)21-9-15(18)17-7-12(3)13(8-17)16(19)20/h4-6,12-13H,7-9H2,1-3H3,(H,19,20)/t12-,13-/m1/s1. The Labute approximate surface area is 129 Å². The van der Waals surface area contributed by atoms with Gasteiger partial charge in [-0.1, -0.05) is 24.6 Å². The molecule has 1 aliphatic heterocycles. The fourth-order valence-electron chi connectivity index (χ4n) is 2.68. The van der Waals surface area contributed by atoms with E-state index in [0.717, 1.165) is 4.90 Å². The van der Waals surface area contributed by atoms with Crippen LogP contribution in [0.3, 0.4) is 0 Å². The number of rotatable bonds is 4. The molecule has 0 radical (unpaired) electrons. The summed E-state index contributed by atoms with van der Waals surface area (Å²) in [5, 5.41) is 9.11. The van der Waals surface area contributed by atoms with E-state index in [0.29, 0.717) is 18.8 Å². The van der Waals surface area contributed by atoms with Crippen molar-refractivity contribution in [2.75, 3.05) is 18.8 Å². The summed E-state index contributed by atoms with van der Waals surface area (Å²) < 4.78 is 0. The average molecular weight is 307 g/mol. The molecule has 0 unspecified atom stereocenters. The first kappa shape index (κ1) is 15.9. The highest BCUT2D eigenvalue weighted by Gasteiger charge is 2.36. The predicted molar refractivity (Wildman–Crippen MR) is 83.5 cm³/mol. The first-order valence-electron chi connectivity index (χ1n) is 7.09. The fraction of sp³-hybridized carbons (Fsp3) is 0.500. The maximum atomic E-state index is 12.2. The Morgan fingerprint density at radius 1 is 1.33 bits per heavy atom. The fourth-order valence-corrected chi connectivity index (χ4v) is 3.60. The molecule has 1 aliphatic rings. The first-order chi connectivity index (χ1) is 9.88. The lowest BCUT2D eigenvalue weighted by Gasteiger charge is -2.16. The Morgan fingerprint density at radius 2 is 2.05 bits per heavy atom. The van der Waals surface area contributed by atoms with E-state index < -0.39 is 11.9 Å². The summed E-state index contributed by atoms with van der Waals surface area (Å²) in [6.07, 6.45) is 0. The summed E-state index contributed by atoms with van der Waals surface area (Å²) in [5.41, 5.74) is 2.38. The van der Waals surface area contributed by atoms with Crippen LogP contribution in [-0.2, 0) is 9.59 Å². The molecule has 114 valence electrons. The minimum Gasteiger partial charge on any atom is -0.481 e. The second-order valence-electron chi connectivity index (χ2n) is 5.78. The highest BCUT2D eigenvalue weighted by atomic mass is 32.2. The van der Waals surface area contributed by atoms with Crippen molar-refractivity contribution in [1.82, 2.24) is 4.90 Å². The lowest BCUT2D eigenvalue weighted by atomic mass is 9.99. The Balaban J connectivity index is 1.92.